The third-order valence-electron chi connectivity index (χ3n) is 3.01. The molecule has 1 heterocycles. The Hall–Kier alpha value is -0.200. The Balaban J connectivity index is 2.78. The molecule has 0 N–H and O–H groups in total. The van der Waals surface area contributed by atoms with Crippen LogP contribution in [0.25, 0.3) is 0 Å². The Morgan fingerprint density at radius 1 is 0.875 bits per heavy atom. The van der Waals surface area contributed by atoms with E-state index in [1.165, 1.54) is 0 Å². The first-order valence-corrected chi connectivity index (χ1v) is 5.42. The molecular formula is C11H22O5. The van der Waals surface area contributed by atoms with Gasteiger partial charge in [-0.2, -0.15) is 0 Å². The first-order chi connectivity index (χ1) is 7.69. The monoisotopic (exact) mass is 234 g/mol. The van der Waals surface area contributed by atoms with Crippen LogP contribution in [0.3, 0.4) is 0 Å². The Bertz CT molecular complexity index is 199. The van der Waals surface area contributed by atoms with Crippen LogP contribution < -0.4 is 0 Å². The zero-order valence-corrected chi connectivity index (χ0v) is 10.6. The fraction of sp³-hybridized carbons (Fsp3) is 1.00. The number of hydrogen-bond donors (Lipinski definition) is 0. The van der Waals surface area contributed by atoms with Gasteiger partial charge in [0, 0.05) is 28.4 Å². The van der Waals surface area contributed by atoms with E-state index in [2.05, 4.69) is 0 Å². The smallest absolute Gasteiger partial charge is 0.114 e. The van der Waals surface area contributed by atoms with Crippen LogP contribution in [0.1, 0.15) is 6.92 Å². The Morgan fingerprint density at radius 3 is 1.88 bits per heavy atom. The van der Waals surface area contributed by atoms with Gasteiger partial charge in [0.1, 0.15) is 24.4 Å². The molecule has 16 heavy (non-hydrogen) atoms. The van der Waals surface area contributed by atoms with Crippen molar-refractivity contribution in [2.75, 3.05) is 35.0 Å². The summed E-state index contributed by atoms with van der Waals surface area (Å²) in [5.41, 5.74) is 0. The van der Waals surface area contributed by atoms with Crippen molar-refractivity contribution >= 4 is 0 Å². The van der Waals surface area contributed by atoms with Crippen LogP contribution >= 0.6 is 0 Å². The molecule has 5 atom stereocenters. The van der Waals surface area contributed by atoms with Gasteiger partial charge in [0.05, 0.1) is 12.7 Å². The van der Waals surface area contributed by atoms with Crippen molar-refractivity contribution in [1.82, 2.24) is 0 Å². The Kier molecular flexibility index (Phi) is 5.64. The third kappa shape index (κ3) is 2.73. The zero-order chi connectivity index (χ0) is 12.1. The summed E-state index contributed by atoms with van der Waals surface area (Å²) in [5.74, 6) is 0. The van der Waals surface area contributed by atoms with Gasteiger partial charge in [-0.25, -0.2) is 0 Å². The van der Waals surface area contributed by atoms with Crippen LogP contribution in [-0.2, 0) is 23.7 Å². The summed E-state index contributed by atoms with van der Waals surface area (Å²) < 4.78 is 27.2. The van der Waals surface area contributed by atoms with Gasteiger partial charge < -0.3 is 23.7 Å². The molecule has 0 aromatic carbocycles. The van der Waals surface area contributed by atoms with Gasteiger partial charge in [0.15, 0.2) is 0 Å². The number of rotatable bonds is 5. The molecular weight excluding hydrogens is 212 g/mol. The Labute approximate surface area is 97.0 Å². The molecule has 5 nitrogen and oxygen atoms in total. The molecule has 0 aromatic rings. The van der Waals surface area contributed by atoms with Gasteiger partial charge in [-0.3, -0.25) is 0 Å². The largest absolute Gasteiger partial charge is 0.382 e. The highest BCUT2D eigenvalue weighted by molar-refractivity contribution is 4.93. The maximum absolute atomic E-state index is 5.81. The second-order valence-electron chi connectivity index (χ2n) is 3.94. The van der Waals surface area contributed by atoms with Crippen LogP contribution in [0, 0.1) is 0 Å². The molecule has 1 saturated heterocycles. The highest BCUT2D eigenvalue weighted by Gasteiger charge is 2.45. The highest BCUT2D eigenvalue weighted by Crippen LogP contribution is 2.26. The van der Waals surface area contributed by atoms with Crippen molar-refractivity contribution in [3.63, 3.8) is 0 Å². The van der Waals surface area contributed by atoms with Crippen molar-refractivity contribution in [2.45, 2.75) is 37.4 Å². The minimum absolute atomic E-state index is 0.0403. The van der Waals surface area contributed by atoms with E-state index in [0.29, 0.717) is 6.61 Å². The summed E-state index contributed by atoms with van der Waals surface area (Å²) in [5, 5.41) is 0. The molecule has 1 rings (SSSR count). The minimum atomic E-state index is -0.175. The summed E-state index contributed by atoms with van der Waals surface area (Å²) in [4.78, 5) is 0. The second-order valence-corrected chi connectivity index (χ2v) is 3.94. The lowest BCUT2D eigenvalue weighted by molar-refractivity contribution is -0.245. The normalized spacial score (nSPS) is 39.9. The van der Waals surface area contributed by atoms with Crippen molar-refractivity contribution < 1.29 is 23.7 Å². The van der Waals surface area contributed by atoms with Crippen molar-refractivity contribution in [1.29, 1.82) is 0 Å². The van der Waals surface area contributed by atoms with Gasteiger partial charge in [-0.05, 0) is 6.92 Å². The summed E-state index contributed by atoms with van der Waals surface area (Å²) >= 11 is 0. The van der Waals surface area contributed by atoms with Crippen LogP contribution in [0.15, 0.2) is 0 Å². The summed E-state index contributed by atoms with van der Waals surface area (Å²) in [6.07, 6.45) is -0.601. The molecule has 0 aliphatic carbocycles. The van der Waals surface area contributed by atoms with Gasteiger partial charge >= 0.3 is 0 Å². The maximum Gasteiger partial charge on any atom is 0.114 e. The van der Waals surface area contributed by atoms with E-state index < -0.39 is 0 Å². The average Bonchev–Trinajstić information content (AvgIpc) is 2.28. The molecule has 0 aromatic heterocycles. The van der Waals surface area contributed by atoms with E-state index >= 15 is 0 Å². The van der Waals surface area contributed by atoms with Crippen LogP contribution in [0.2, 0.25) is 0 Å². The maximum atomic E-state index is 5.81. The molecule has 0 bridgehead atoms. The van der Waals surface area contributed by atoms with Gasteiger partial charge in [0.25, 0.3) is 0 Å². The molecule has 3 unspecified atom stereocenters. The van der Waals surface area contributed by atoms with E-state index in [-0.39, 0.29) is 30.5 Å². The minimum Gasteiger partial charge on any atom is -0.382 e. The fourth-order valence-electron chi connectivity index (χ4n) is 2.27. The molecule has 96 valence electrons. The average molecular weight is 234 g/mol. The fourth-order valence-corrected chi connectivity index (χ4v) is 2.27. The Morgan fingerprint density at radius 2 is 1.44 bits per heavy atom. The quantitative estimate of drug-likeness (QED) is 0.692. The van der Waals surface area contributed by atoms with Crippen LogP contribution in [0.5, 0.6) is 0 Å². The molecule has 1 fully saturated rings. The van der Waals surface area contributed by atoms with Crippen LogP contribution in [-0.4, -0.2) is 65.6 Å². The van der Waals surface area contributed by atoms with Crippen molar-refractivity contribution in [2.24, 2.45) is 0 Å². The highest BCUT2D eigenvalue weighted by atomic mass is 16.6. The summed E-state index contributed by atoms with van der Waals surface area (Å²) in [6, 6.07) is 0. The SMILES string of the molecule is COC[C@H]1O[C@@H](C)C(OC)C(OC)C1OC. The van der Waals surface area contributed by atoms with E-state index in [1.54, 1.807) is 28.4 Å². The standard InChI is InChI=1S/C11H22O5/c1-7-9(13-3)11(15-5)10(14-4)8(16-7)6-12-2/h7-11H,6H2,1-5H3/t7-,8+,9?,10?,11?/m0/s1. The van der Waals surface area contributed by atoms with E-state index in [1.807, 2.05) is 6.92 Å². The zero-order valence-electron chi connectivity index (χ0n) is 10.6. The summed E-state index contributed by atoms with van der Waals surface area (Å²) in [6.45, 7) is 2.45. The molecule has 0 amide bonds. The predicted molar refractivity (Wildman–Crippen MR) is 58.6 cm³/mol. The molecule has 0 spiro atoms. The van der Waals surface area contributed by atoms with Crippen molar-refractivity contribution in [3.05, 3.63) is 0 Å². The lowest BCUT2D eigenvalue weighted by Gasteiger charge is -2.43. The number of hydrogen-bond acceptors (Lipinski definition) is 5. The third-order valence-corrected chi connectivity index (χ3v) is 3.01. The predicted octanol–water partition coefficient (Wildman–Crippen LogP) is 0.465. The van der Waals surface area contributed by atoms with Gasteiger partial charge in [-0.1, -0.05) is 0 Å². The van der Waals surface area contributed by atoms with E-state index in [9.17, 15) is 0 Å². The lowest BCUT2D eigenvalue weighted by atomic mass is 9.95. The molecule has 5 heteroatoms. The topological polar surface area (TPSA) is 46.2 Å². The lowest BCUT2D eigenvalue weighted by Crippen LogP contribution is -2.59. The van der Waals surface area contributed by atoms with E-state index in [0.717, 1.165) is 0 Å². The molecule has 0 radical (unpaired) electrons. The first kappa shape index (κ1) is 13.9. The van der Waals surface area contributed by atoms with Gasteiger partial charge in [0.2, 0.25) is 0 Å². The van der Waals surface area contributed by atoms with Crippen molar-refractivity contribution in [3.8, 4) is 0 Å². The van der Waals surface area contributed by atoms with E-state index in [4.69, 9.17) is 23.7 Å². The summed E-state index contributed by atoms with van der Waals surface area (Å²) in [7, 11) is 6.60. The molecule has 1 aliphatic heterocycles. The number of ether oxygens (including phenoxy) is 5. The molecule has 0 saturated carbocycles. The molecule has 1 aliphatic rings. The van der Waals surface area contributed by atoms with Crippen LogP contribution in [0.4, 0.5) is 0 Å². The second kappa shape index (κ2) is 6.51. The first-order valence-electron chi connectivity index (χ1n) is 5.42. The number of methoxy groups -OCH3 is 4. The van der Waals surface area contributed by atoms with Gasteiger partial charge in [-0.15, -0.1) is 0 Å².